The lowest BCUT2D eigenvalue weighted by molar-refractivity contribution is 0.600. The van der Waals surface area contributed by atoms with Gasteiger partial charge >= 0.3 is 0 Å². The summed E-state index contributed by atoms with van der Waals surface area (Å²) >= 11 is 0. The average Bonchev–Trinajstić information content (AvgIpc) is 2.96. The molecule has 0 aliphatic heterocycles. The van der Waals surface area contributed by atoms with Gasteiger partial charge in [0.1, 0.15) is 0 Å². The van der Waals surface area contributed by atoms with Crippen LogP contribution in [0.15, 0.2) is 53.4 Å². The Morgan fingerprint density at radius 2 is 1.71 bits per heavy atom. The fourth-order valence-electron chi connectivity index (χ4n) is 2.50. The number of aromatic amines is 1. The summed E-state index contributed by atoms with van der Waals surface area (Å²) in [5.74, 6) is 0. The fraction of sp³-hybridized carbons (Fsp3) is 0.167. The zero-order valence-electron chi connectivity index (χ0n) is 13.8. The Balaban J connectivity index is 2.03. The molecule has 0 saturated heterocycles. The molecule has 24 heavy (non-hydrogen) atoms. The lowest BCUT2D eigenvalue weighted by Gasteiger charge is -2.13. The Bertz CT molecular complexity index is 991. The quantitative estimate of drug-likeness (QED) is 0.758. The third kappa shape index (κ3) is 3.19. The van der Waals surface area contributed by atoms with Gasteiger partial charge in [-0.1, -0.05) is 30.3 Å². The molecule has 0 radical (unpaired) electrons. The second-order valence-corrected chi connectivity index (χ2v) is 7.49. The van der Waals surface area contributed by atoms with Gasteiger partial charge in [-0.15, -0.1) is 0 Å². The largest absolute Gasteiger partial charge is 0.282 e. The van der Waals surface area contributed by atoms with E-state index in [2.05, 4.69) is 14.9 Å². The molecule has 0 unspecified atom stereocenters. The van der Waals surface area contributed by atoms with Gasteiger partial charge in [0.05, 0.1) is 16.3 Å². The number of nitrogens with zero attached hydrogens (tertiary/aromatic N) is 1. The molecule has 1 aromatic heterocycles. The van der Waals surface area contributed by atoms with Crippen LogP contribution in [0.4, 0.5) is 5.69 Å². The highest BCUT2D eigenvalue weighted by molar-refractivity contribution is 7.92. The van der Waals surface area contributed by atoms with Crippen molar-refractivity contribution < 1.29 is 8.42 Å². The first-order valence-electron chi connectivity index (χ1n) is 7.58. The smallest absolute Gasteiger partial charge is 0.262 e. The van der Waals surface area contributed by atoms with E-state index in [1.807, 2.05) is 38.1 Å². The summed E-state index contributed by atoms with van der Waals surface area (Å²) in [6.07, 6.45) is 0. The molecule has 6 heteroatoms. The normalized spacial score (nSPS) is 11.5. The van der Waals surface area contributed by atoms with Crippen molar-refractivity contribution >= 4 is 15.7 Å². The van der Waals surface area contributed by atoms with Crippen LogP contribution in [-0.4, -0.2) is 18.6 Å². The van der Waals surface area contributed by atoms with Gasteiger partial charge in [-0.3, -0.25) is 9.82 Å². The highest BCUT2D eigenvalue weighted by atomic mass is 32.2. The van der Waals surface area contributed by atoms with Gasteiger partial charge in [-0.25, -0.2) is 8.42 Å². The summed E-state index contributed by atoms with van der Waals surface area (Å²) < 4.78 is 28.3. The lowest BCUT2D eigenvalue weighted by Crippen LogP contribution is -2.15. The Morgan fingerprint density at radius 1 is 0.958 bits per heavy atom. The van der Waals surface area contributed by atoms with E-state index in [0.717, 1.165) is 22.5 Å². The number of aromatic nitrogens is 2. The number of aryl methyl sites for hydroxylation is 3. The second-order valence-electron chi connectivity index (χ2n) is 5.84. The molecule has 0 saturated carbocycles. The topological polar surface area (TPSA) is 74.8 Å². The van der Waals surface area contributed by atoms with E-state index < -0.39 is 10.0 Å². The number of para-hydroxylation sites is 1. The Hall–Kier alpha value is -2.60. The van der Waals surface area contributed by atoms with E-state index in [9.17, 15) is 8.42 Å². The number of sulfonamides is 1. The van der Waals surface area contributed by atoms with Crippen molar-refractivity contribution in [2.75, 3.05) is 4.72 Å². The highest BCUT2D eigenvalue weighted by Crippen LogP contribution is 2.26. The van der Waals surface area contributed by atoms with E-state index in [-0.39, 0.29) is 4.90 Å². The lowest BCUT2D eigenvalue weighted by atomic mass is 10.1. The van der Waals surface area contributed by atoms with Gasteiger partial charge in [-0.2, -0.15) is 5.10 Å². The van der Waals surface area contributed by atoms with Crippen molar-refractivity contribution in [3.63, 3.8) is 0 Å². The van der Waals surface area contributed by atoms with E-state index >= 15 is 0 Å². The van der Waals surface area contributed by atoms with Crippen LogP contribution in [0, 0.1) is 20.8 Å². The Morgan fingerprint density at radius 3 is 2.38 bits per heavy atom. The Labute approximate surface area is 141 Å². The van der Waals surface area contributed by atoms with Gasteiger partial charge in [-0.05, 0) is 50.1 Å². The summed E-state index contributed by atoms with van der Waals surface area (Å²) in [5, 5.41) is 7.07. The first-order chi connectivity index (χ1) is 11.4. The second kappa shape index (κ2) is 6.13. The fourth-order valence-corrected chi connectivity index (χ4v) is 3.90. The predicted molar refractivity (Wildman–Crippen MR) is 95.5 cm³/mol. The minimum atomic E-state index is -3.68. The van der Waals surface area contributed by atoms with Crippen LogP contribution in [0.1, 0.15) is 16.8 Å². The van der Waals surface area contributed by atoms with Crippen molar-refractivity contribution in [3.05, 3.63) is 65.4 Å². The molecule has 3 aromatic rings. The molecule has 0 spiro atoms. The molecular weight excluding hydrogens is 322 g/mol. The van der Waals surface area contributed by atoms with Crippen molar-refractivity contribution in [3.8, 4) is 11.3 Å². The molecular formula is C18H19N3O2S. The number of hydrogen-bond donors (Lipinski definition) is 2. The maximum Gasteiger partial charge on any atom is 0.262 e. The molecule has 0 amide bonds. The predicted octanol–water partition coefficient (Wildman–Crippen LogP) is 3.80. The average molecular weight is 341 g/mol. The van der Waals surface area contributed by atoms with E-state index in [1.165, 1.54) is 0 Å². The molecule has 5 nitrogen and oxygen atoms in total. The number of H-pyrrole nitrogens is 1. The van der Waals surface area contributed by atoms with Crippen molar-refractivity contribution in [1.29, 1.82) is 0 Å². The SMILES string of the molecule is Cc1cc(-c2ccc(C)c(S(=O)(=O)Nc3ccccc3C)c2)n[nH]1. The van der Waals surface area contributed by atoms with Gasteiger partial charge in [0.2, 0.25) is 0 Å². The number of anilines is 1. The summed E-state index contributed by atoms with van der Waals surface area (Å²) in [5.41, 5.74) is 4.55. The van der Waals surface area contributed by atoms with Gasteiger partial charge < -0.3 is 0 Å². The number of benzene rings is 2. The van der Waals surface area contributed by atoms with Crippen LogP contribution < -0.4 is 4.72 Å². The van der Waals surface area contributed by atoms with Gasteiger partial charge in [0.25, 0.3) is 10.0 Å². The molecule has 0 atom stereocenters. The minimum absolute atomic E-state index is 0.254. The molecule has 2 N–H and O–H groups in total. The van der Waals surface area contributed by atoms with E-state index in [0.29, 0.717) is 11.3 Å². The monoisotopic (exact) mass is 341 g/mol. The zero-order valence-corrected chi connectivity index (χ0v) is 14.6. The molecule has 0 aliphatic rings. The number of rotatable bonds is 4. The minimum Gasteiger partial charge on any atom is -0.282 e. The molecule has 124 valence electrons. The number of hydrogen-bond acceptors (Lipinski definition) is 3. The van der Waals surface area contributed by atoms with Crippen LogP contribution in [0.25, 0.3) is 11.3 Å². The molecule has 0 bridgehead atoms. The van der Waals surface area contributed by atoms with E-state index in [1.54, 1.807) is 31.2 Å². The summed E-state index contributed by atoms with van der Waals surface area (Å²) in [6.45, 7) is 5.56. The molecule has 0 aliphatic carbocycles. The van der Waals surface area contributed by atoms with Gasteiger partial charge in [0.15, 0.2) is 0 Å². The summed E-state index contributed by atoms with van der Waals surface area (Å²) in [6, 6.07) is 14.5. The van der Waals surface area contributed by atoms with Crippen LogP contribution in [0.3, 0.4) is 0 Å². The Kier molecular flexibility index (Phi) is 4.15. The van der Waals surface area contributed by atoms with E-state index in [4.69, 9.17) is 0 Å². The van der Waals surface area contributed by atoms with Crippen molar-refractivity contribution in [2.24, 2.45) is 0 Å². The third-order valence-electron chi connectivity index (χ3n) is 3.87. The van der Waals surface area contributed by atoms with Gasteiger partial charge in [0, 0.05) is 11.3 Å². The first kappa shape index (κ1) is 16.3. The summed E-state index contributed by atoms with van der Waals surface area (Å²) in [4.78, 5) is 0.254. The highest BCUT2D eigenvalue weighted by Gasteiger charge is 2.19. The molecule has 1 heterocycles. The van der Waals surface area contributed by atoms with Crippen LogP contribution in [-0.2, 0) is 10.0 Å². The zero-order chi connectivity index (χ0) is 17.3. The van der Waals surface area contributed by atoms with Crippen LogP contribution in [0.2, 0.25) is 0 Å². The van der Waals surface area contributed by atoms with Crippen molar-refractivity contribution in [2.45, 2.75) is 25.7 Å². The molecule has 3 rings (SSSR count). The maximum atomic E-state index is 12.8. The number of nitrogens with one attached hydrogen (secondary N) is 2. The van der Waals surface area contributed by atoms with Crippen LogP contribution in [0.5, 0.6) is 0 Å². The molecule has 0 fully saturated rings. The summed E-state index contributed by atoms with van der Waals surface area (Å²) in [7, 11) is -3.68. The van der Waals surface area contributed by atoms with Crippen molar-refractivity contribution in [1.82, 2.24) is 10.2 Å². The molecule has 2 aromatic carbocycles. The van der Waals surface area contributed by atoms with Crippen LogP contribution >= 0.6 is 0 Å². The third-order valence-corrected chi connectivity index (χ3v) is 5.38. The standard InChI is InChI=1S/C18H19N3O2S/c1-12-6-4-5-7-16(12)21-24(22,23)18-11-15(9-8-13(18)2)17-10-14(3)19-20-17/h4-11,21H,1-3H3,(H,19,20). The maximum absolute atomic E-state index is 12.8. The first-order valence-corrected chi connectivity index (χ1v) is 9.06.